The Labute approximate surface area is 128 Å². The Bertz CT molecular complexity index is 595. The molecule has 0 aromatic carbocycles. The molecule has 2 heterocycles. The summed E-state index contributed by atoms with van der Waals surface area (Å²) in [6.45, 7) is 8.85. The van der Waals surface area contributed by atoms with Gasteiger partial charge in [0.1, 0.15) is 16.8 Å². The molecule has 0 radical (unpaired) electrons. The van der Waals surface area contributed by atoms with Crippen LogP contribution in [-0.4, -0.2) is 21.5 Å². The van der Waals surface area contributed by atoms with E-state index in [9.17, 15) is 0 Å². The van der Waals surface area contributed by atoms with Crippen molar-refractivity contribution in [1.82, 2.24) is 15.0 Å². The lowest BCUT2D eigenvalue weighted by atomic mass is 10.2. The van der Waals surface area contributed by atoms with E-state index in [1.807, 2.05) is 13.8 Å². The molecule has 0 saturated carbocycles. The molecular formula is C14H19ClN4S. The van der Waals surface area contributed by atoms with E-state index in [0.717, 1.165) is 40.9 Å². The monoisotopic (exact) mass is 310 g/mol. The Morgan fingerprint density at radius 2 is 2.00 bits per heavy atom. The van der Waals surface area contributed by atoms with Crippen molar-refractivity contribution in [3.8, 4) is 0 Å². The molecule has 6 heteroatoms. The van der Waals surface area contributed by atoms with E-state index in [1.54, 1.807) is 11.3 Å². The second-order valence-electron chi connectivity index (χ2n) is 5.06. The van der Waals surface area contributed by atoms with Crippen LogP contribution in [0, 0.1) is 13.8 Å². The molecular weight excluding hydrogens is 292 g/mol. The quantitative estimate of drug-likeness (QED) is 0.849. The van der Waals surface area contributed by atoms with Crippen LogP contribution in [0.1, 0.15) is 41.9 Å². The number of anilines is 1. The number of hydrogen-bond acceptors (Lipinski definition) is 5. The highest BCUT2D eigenvalue weighted by molar-refractivity contribution is 7.09. The maximum absolute atomic E-state index is 6.16. The summed E-state index contributed by atoms with van der Waals surface area (Å²) in [4.78, 5) is 13.3. The molecule has 0 spiro atoms. The standard InChI is InChI=1S/C14H19ClN4S/c1-8(2)13-18-12(15)10(4)14(19-13)16-6-5-11-17-9(3)7-20-11/h7-8H,5-6H2,1-4H3,(H,16,18,19). The van der Waals surface area contributed by atoms with Crippen LogP contribution in [0.15, 0.2) is 5.38 Å². The van der Waals surface area contributed by atoms with Gasteiger partial charge in [0.2, 0.25) is 0 Å². The fourth-order valence-electron chi connectivity index (χ4n) is 1.74. The first-order valence-electron chi connectivity index (χ1n) is 6.66. The SMILES string of the molecule is Cc1csc(CCNc2nc(C(C)C)nc(Cl)c2C)n1. The molecule has 108 valence electrons. The van der Waals surface area contributed by atoms with Crippen molar-refractivity contribution in [1.29, 1.82) is 0 Å². The summed E-state index contributed by atoms with van der Waals surface area (Å²) in [7, 11) is 0. The second-order valence-corrected chi connectivity index (χ2v) is 6.36. The summed E-state index contributed by atoms with van der Waals surface area (Å²) in [6.07, 6.45) is 0.885. The van der Waals surface area contributed by atoms with Crippen LogP contribution in [0.5, 0.6) is 0 Å². The van der Waals surface area contributed by atoms with E-state index >= 15 is 0 Å². The number of nitrogens with one attached hydrogen (secondary N) is 1. The highest BCUT2D eigenvalue weighted by Gasteiger charge is 2.11. The van der Waals surface area contributed by atoms with Gasteiger partial charge in [0.15, 0.2) is 0 Å². The highest BCUT2D eigenvalue weighted by atomic mass is 35.5. The van der Waals surface area contributed by atoms with E-state index in [2.05, 4.69) is 39.5 Å². The molecule has 0 bridgehead atoms. The van der Waals surface area contributed by atoms with Crippen molar-refractivity contribution < 1.29 is 0 Å². The molecule has 0 saturated heterocycles. The predicted molar refractivity (Wildman–Crippen MR) is 84.9 cm³/mol. The van der Waals surface area contributed by atoms with Gasteiger partial charge in [-0.3, -0.25) is 0 Å². The van der Waals surface area contributed by atoms with Gasteiger partial charge in [-0.25, -0.2) is 15.0 Å². The lowest BCUT2D eigenvalue weighted by Crippen LogP contribution is -2.11. The minimum Gasteiger partial charge on any atom is -0.369 e. The molecule has 0 aliphatic rings. The van der Waals surface area contributed by atoms with Gasteiger partial charge in [0.25, 0.3) is 0 Å². The lowest BCUT2D eigenvalue weighted by molar-refractivity contribution is 0.771. The molecule has 0 atom stereocenters. The molecule has 0 aliphatic carbocycles. The van der Waals surface area contributed by atoms with Crippen molar-refractivity contribution in [3.05, 3.63) is 32.6 Å². The predicted octanol–water partition coefficient (Wildman–Crippen LogP) is 3.98. The van der Waals surface area contributed by atoms with E-state index in [1.165, 1.54) is 0 Å². The van der Waals surface area contributed by atoms with Crippen LogP contribution in [0.25, 0.3) is 0 Å². The molecule has 0 fully saturated rings. The van der Waals surface area contributed by atoms with Crippen LogP contribution in [0.2, 0.25) is 5.15 Å². The van der Waals surface area contributed by atoms with Gasteiger partial charge in [-0.2, -0.15) is 0 Å². The minimum atomic E-state index is 0.260. The maximum Gasteiger partial charge on any atom is 0.137 e. The normalized spacial score (nSPS) is 11.1. The van der Waals surface area contributed by atoms with Gasteiger partial charge >= 0.3 is 0 Å². The van der Waals surface area contributed by atoms with Crippen LogP contribution < -0.4 is 5.32 Å². The van der Waals surface area contributed by atoms with Crippen molar-refractivity contribution >= 4 is 28.8 Å². The number of halogens is 1. The van der Waals surface area contributed by atoms with Gasteiger partial charge in [0.05, 0.1) is 5.01 Å². The van der Waals surface area contributed by atoms with Gasteiger partial charge in [-0.1, -0.05) is 25.4 Å². The molecule has 0 aliphatic heterocycles. The average molecular weight is 311 g/mol. The minimum absolute atomic E-state index is 0.260. The van der Waals surface area contributed by atoms with Crippen molar-refractivity contribution in [3.63, 3.8) is 0 Å². The molecule has 4 nitrogen and oxygen atoms in total. The van der Waals surface area contributed by atoms with E-state index in [4.69, 9.17) is 11.6 Å². The number of aryl methyl sites for hydroxylation is 1. The van der Waals surface area contributed by atoms with Crippen LogP contribution >= 0.6 is 22.9 Å². The first-order chi connectivity index (χ1) is 9.47. The summed E-state index contributed by atoms with van der Waals surface area (Å²) < 4.78 is 0. The average Bonchev–Trinajstić information content (AvgIpc) is 2.80. The van der Waals surface area contributed by atoms with Crippen LogP contribution in [-0.2, 0) is 6.42 Å². The Morgan fingerprint density at radius 3 is 2.60 bits per heavy atom. The Kier molecular flexibility index (Phi) is 4.94. The van der Waals surface area contributed by atoms with Gasteiger partial charge in [0, 0.05) is 35.5 Å². The molecule has 2 rings (SSSR count). The van der Waals surface area contributed by atoms with Gasteiger partial charge in [-0.15, -0.1) is 11.3 Å². The topological polar surface area (TPSA) is 50.7 Å². The number of rotatable bonds is 5. The molecule has 20 heavy (non-hydrogen) atoms. The zero-order chi connectivity index (χ0) is 14.7. The fraction of sp³-hybridized carbons (Fsp3) is 0.500. The summed E-state index contributed by atoms with van der Waals surface area (Å²) in [6, 6.07) is 0. The fourth-order valence-corrected chi connectivity index (χ4v) is 2.69. The van der Waals surface area contributed by atoms with Crippen LogP contribution in [0.4, 0.5) is 5.82 Å². The second kappa shape index (κ2) is 6.50. The van der Waals surface area contributed by atoms with Gasteiger partial charge < -0.3 is 5.32 Å². The zero-order valence-corrected chi connectivity index (χ0v) is 13.8. The van der Waals surface area contributed by atoms with E-state index in [-0.39, 0.29) is 5.92 Å². The first-order valence-corrected chi connectivity index (χ1v) is 7.92. The Hall–Kier alpha value is -1.20. The smallest absolute Gasteiger partial charge is 0.137 e. The number of hydrogen-bond donors (Lipinski definition) is 1. The Morgan fingerprint density at radius 1 is 1.25 bits per heavy atom. The molecule has 0 amide bonds. The van der Waals surface area contributed by atoms with Crippen molar-refractivity contribution in [2.24, 2.45) is 0 Å². The number of aromatic nitrogens is 3. The first kappa shape index (κ1) is 15.2. The summed E-state index contributed by atoms with van der Waals surface area (Å²) in [5.41, 5.74) is 1.97. The van der Waals surface area contributed by atoms with Gasteiger partial charge in [-0.05, 0) is 13.8 Å². The number of nitrogens with zero attached hydrogens (tertiary/aromatic N) is 3. The van der Waals surface area contributed by atoms with Crippen LogP contribution in [0.3, 0.4) is 0 Å². The highest BCUT2D eigenvalue weighted by Crippen LogP contribution is 2.23. The largest absolute Gasteiger partial charge is 0.369 e. The van der Waals surface area contributed by atoms with Crippen molar-refractivity contribution in [2.75, 3.05) is 11.9 Å². The maximum atomic E-state index is 6.16. The third-order valence-electron chi connectivity index (χ3n) is 2.92. The zero-order valence-electron chi connectivity index (χ0n) is 12.2. The Balaban J connectivity index is 2.05. The van der Waals surface area contributed by atoms with E-state index < -0.39 is 0 Å². The summed E-state index contributed by atoms with van der Waals surface area (Å²) in [5.74, 6) is 1.85. The number of thiazole rings is 1. The summed E-state index contributed by atoms with van der Waals surface area (Å²) >= 11 is 7.85. The molecule has 2 aromatic heterocycles. The molecule has 0 unspecified atom stereocenters. The third-order valence-corrected chi connectivity index (χ3v) is 4.31. The third kappa shape index (κ3) is 3.67. The summed E-state index contributed by atoms with van der Waals surface area (Å²) in [5, 5.41) is 7.07. The molecule has 1 N–H and O–H groups in total. The lowest BCUT2D eigenvalue weighted by Gasteiger charge is -2.12. The van der Waals surface area contributed by atoms with Crippen molar-refractivity contribution in [2.45, 2.75) is 40.0 Å². The molecule has 2 aromatic rings. The van der Waals surface area contributed by atoms with E-state index in [0.29, 0.717) is 5.15 Å².